The van der Waals surface area contributed by atoms with Gasteiger partial charge in [0.2, 0.25) is 0 Å². The fraction of sp³-hybridized carbons (Fsp3) is 0.500. The fourth-order valence-corrected chi connectivity index (χ4v) is 1.47. The second kappa shape index (κ2) is 4.22. The van der Waals surface area contributed by atoms with Crippen molar-refractivity contribution in [2.75, 3.05) is 26.2 Å². The lowest BCUT2D eigenvalue weighted by Crippen LogP contribution is -2.68. The number of nitriles is 1. The van der Waals surface area contributed by atoms with E-state index in [1.807, 2.05) is 12.2 Å². The van der Waals surface area contributed by atoms with Crippen LogP contribution in [0.3, 0.4) is 0 Å². The van der Waals surface area contributed by atoms with Gasteiger partial charge in [-0.25, -0.2) is 0 Å². The Morgan fingerprint density at radius 3 is 2.15 bits per heavy atom. The monoisotopic (exact) mass is 177 g/mol. The van der Waals surface area contributed by atoms with Crippen molar-refractivity contribution in [2.45, 2.75) is 5.54 Å². The molecule has 1 fully saturated rings. The molecule has 1 aliphatic heterocycles. The van der Waals surface area contributed by atoms with Crippen LogP contribution >= 0.6 is 0 Å². The van der Waals surface area contributed by atoms with E-state index in [0.717, 1.165) is 26.2 Å². The first-order valence-electron chi connectivity index (χ1n) is 4.38. The van der Waals surface area contributed by atoms with E-state index >= 15 is 0 Å². The van der Waals surface area contributed by atoms with Crippen LogP contribution in [0, 0.1) is 11.3 Å². The van der Waals surface area contributed by atoms with Gasteiger partial charge in [0.1, 0.15) is 5.54 Å². The molecule has 0 bridgehead atoms. The van der Waals surface area contributed by atoms with E-state index in [9.17, 15) is 0 Å². The number of rotatable bonds is 5. The van der Waals surface area contributed by atoms with Crippen molar-refractivity contribution in [1.82, 2.24) is 10.2 Å². The number of hydrogen-bond acceptors (Lipinski definition) is 3. The maximum absolute atomic E-state index is 9.06. The quantitative estimate of drug-likeness (QED) is 0.622. The predicted octanol–water partition coefficient (Wildman–Crippen LogP) is 0.526. The predicted molar refractivity (Wildman–Crippen MR) is 53.2 cm³/mol. The van der Waals surface area contributed by atoms with Gasteiger partial charge in [-0.3, -0.25) is 4.90 Å². The minimum absolute atomic E-state index is 0.331. The van der Waals surface area contributed by atoms with Crippen molar-refractivity contribution in [3.8, 4) is 6.07 Å². The highest BCUT2D eigenvalue weighted by Gasteiger charge is 2.41. The van der Waals surface area contributed by atoms with Gasteiger partial charge in [0.25, 0.3) is 0 Å². The van der Waals surface area contributed by atoms with Crippen LogP contribution in [0.25, 0.3) is 0 Å². The van der Waals surface area contributed by atoms with E-state index in [0.29, 0.717) is 0 Å². The third kappa shape index (κ3) is 1.80. The Hall–Kier alpha value is -1.11. The van der Waals surface area contributed by atoms with E-state index in [4.69, 9.17) is 5.26 Å². The highest BCUT2D eigenvalue weighted by molar-refractivity contribution is 5.18. The molecule has 1 heterocycles. The van der Waals surface area contributed by atoms with Crippen molar-refractivity contribution in [3.63, 3.8) is 0 Å². The summed E-state index contributed by atoms with van der Waals surface area (Å²) in [6, 6.07) is 2.35. The molecule has 13 heavy (non-hydrogen) atoms. The second-order valence-corrected chi connectivity index (χ2v) is 3.23. The lowest BCUT2D eigenvalue weighted by molar-refractivity contribution is 0.111. The Bertz CT molecular complexity index is 225. The molecular weight excluding hydrogens is 162 g/mol. The summed E-state index contributed by atoms with van der Waals surface area (Å²) in [5, 5.41) is 12.2. The number of nitrogens with zero attached hydrogens (tertiary/aromatic N) is 2. The highest BCUT2D eigenvalue weighted by Crippen LogP contribution is 2.19. The molecule has 0 unspecified atom stereocenters. The largest absolute Gasteiger partial charge is 0.311 e. The van der Waals surface area contributed by atoms with Crippen LogP contribution in [0.15, 0.2) is 25.3 Å². The van der Waals surface area contributed by atoms with Gasteiger partial charge in [-0.15, -0.1) is 13.2 Å². The van der Waals surface area contributed by atoms with Crippen LogP contribution < -0.4 is 5.32 Å². The minimum Gasteiger partial charge on any atom is -0.311 e. The van der Waals surface area contributed by atoms with Crippen LogP contribution in [0.2, 0.25) is 0 Å². The Labute approximate surface area is 79.3 Å². The third-order valence-electron chi connectivity index (χ3n) is 2.35. The Morgan fingerprint density at radius 2 is 1.92 bits per heavy atom. The number of nitrogens with one attached hydrogen (secondary N) is 1. The average Bonchev–Trinajstić information content (AvgIpc) is 2.04. The summed E-state index contributed by atoms with van der Waals surface area (Å²) in [4.78, 5) is 2.09. The molecule has 70 valence electrons. The van der Waals surface area contributed by atoms with Gasteiger partial charge < -0.3 is 5.32 Å². The lowest BCUT2D eigenvalue weighted by atomic mass is 9.92. The zero-order valence-electron chi connectivity index (χ0n) is 7.79. The van der Waals surface area contributed by atoms with Crippen molar-refractivity contribution in [2.24, 2.45) is 0 Å². The Balaban J connectivity index is 2.66. The van der Waals surface area contributed by atoms with Gasteiger partial charge in [0.05, 0.1) is 6.07 Å². The van der Waals surface area contributed by atoms with Gasteiger partial charge in [-0.2, -0.15) is 5.26 Å². The Morgan fingerprint density at radius 1 is 1.38 bits per heavy atom. The molecule has 0 aromatic rings. The maximum Gasteiger partial charge on any atom is 0.134 e. The van der Waals surface area contributed by atoms with E-state index in [1.54, 1.807) is 0 Å². The first kappa shape index (κ1) is 9.97. The minimum atomic E-state index is -0.331. The van der Waals surface area contributed by atoms with Crippen LogP contribution in [0.5, 0.6) is 0 Å². The molecule has 0 radical (unpaired) electrons. The van der Waals surface area contributed by atoms with Crippen molar-refractivity contribution < 1.29 is 0 Å². The molecule has 0 saturated carbocycles. The standard InChI is InChI=1S/C10H15N3/c1-3-5-13(6-4-2)10(7-11)8-12-9-10/h3-4,12H,1-2,5-6,8-9H2. The van der Waals surface area contributed by atoms with Crippen molar-refractivity contribution in [3.05, 3.63) is 25.3 Å². The van der Waals surface area contributed by atoms with Gasteiger partial charge in [0, 0.05) is 26.2 Å². The molecule has 0 aromatic carbocycles. The summed E-state index contributed by atoms with van der Waals surface area (Å²) in [6.07, 6.45) is 3.64. The first-order valence-corrected chi connectivity index (χ1v) is 4.38. The summed E-state index contributed by atoms with van der Waals surface area (Å²) >= 11 is 0. The van der Waals surface area contributed by atoms with Gasteiger partial charge in [0.15, 0.2) is 0 Å². The SMILES string of the molecule is C=CCN(CC=C)C1(C#N)CNC1. The van der Waals surface area contributed by atoms with E-state index in [-0.39, 0.29) is 5.54 Å². The molecule has 0 aliphatic carbocycles. The molecule has 1 saturated heterocycles. The van der Waals surface area contributed by atoms with Crippen LogP contribution in [0.4, 0.5) is 0 Å². The summed E-state index contributed by atoms with van der Waals surface area (Å²) in [6.45, 7) is 10.3. The van der Waals surface area contributed by atoms with Gasteiger partial charge in [-0.1, -0.05) is 12.2 Å². The molecule has 1 N–H and O–H groups in total. The van der Waals surface area contributed by atoms with Crippen molar-refractivity contribution in [1.29, 1.82) is 5.26 Å². The van der Waals surface area contributed by atoms with Gasteiger partial charge >= 0.3 is 0 Å². The van der Waals surface area contributed by atoms with E-state index in [1.165, 1.54) is 0 Å². The number of hydrogen-bond donors (Lipinski definition) is 1. The lowest BCUT2D eigenvalue weighted by Gasteiger charge is -2.44. The van der Waals surface area contributed by atoms with Gasteiger partial charge in [-0.05, 0) is 0 Å². The third-order valence-corrected chi connectivity index (χ3v) is 2.35. The highest BCUT2D eigenvalue weighted by atomic mass is 15.3. The maximum atomic E-state index is 9.06. The summed E-state index contributed by atoms with van der Waals surface area (Å²) in [5.41, 5.74) is -0.331. The molecule has 0 amide bonds. The molecule has 0 atom stereocenters. The zero-order chi connectivity index (χ0) is 9.73. The van der Waals surface area contributed by atoms with Crippen LogP contribution in [-0.4, -0.2) is 36.6 Å². The molecule has 0 spiro atoms. The fourth-order valence-electron chi connectivity index (χ4n) is 1.47. The van der Waals surface area contributed by atoms with Crippen molar-refractivity contribution >= 4 is 0 Å². The van der Waals surface area contributed by atoms with E-state index < -0.39 is 0 Å². The molecule has 1 aliphatic rings. The smallest absolute Gasteiger partial charge is 0.134 e. The first-order chi connectivity index (χ1) is 6.29. The summed E-state index contributed by atoms with van der Waals surface area (Å²) in [5.74, 6) is 0. The summed E-state index contributed by atoms with van der Waals surface area (Å²) in [7, 11) is 0. The van der Waals surface area contributed by atoms with Crippen LogP contribution in [0.1, 0.15) is 0 Å². The average molecular weight is 177 g/mol. The van der Waals surface area contributed by atoms with Crippen LogP contribution in [-0.2, 0) is 0 Å². The topological polar surface area (TPSA) is 39.1 Å². The molecular formula is C10H15N3. The normalized spacial score (nSPS) is 18.8. The van der Waals surface area contributed by atoms with E-state index in [2.05, 4.69) is 29.4 Å². The Kier molecular flexibility index (Phi) is 3.24. The molecule has 3 heteroatoms. The molecule has 1 rings (SSSR count). The summed E-state index contributed by atoms with van der Waals surface area (Å²) < 4.78 is 0. The molecule has 0 aromatic heterocycles. The zero-order valence-corrected chi connectivity index (χ0v) is 7.79. The molecule has 3 nitrogen and oxygen atoms in total. The second-order valence-electron chi connectivity index (χ2n) is 3.23.